The average Bonchev–Trinajstić information content (AvgIpc) is 2.71. The smallest absolute Gasteiger partial charge is 0.0950 e. The third kappa shape index (κ3) is 2.61. The minimum absolute atomic E-state index is 0.453. The first-order valence-electron chi connectivity index (χ1n) is 5.58. The third-order valence-electron chi connectivity index (χ3n) is 2.85. The van der Waals surface area contributed by atoms with Crippen molar-refractivity contribution in [2.75, 3.05) is 6.54 Å². The Bertz CT molecular complexity index is 226. The summed E-state index contributed by atoms with van der Waals surface area (Å²) in [5.74, 6) is 0.701. The van der Waals surface area contributed by atoms with E-state index in [4.69, 9.17) is 4.42 Å². The molecule has 1 aromatic heterocycles. The fourth-order valence-corrected chi connectivity index (χ4v) is 1.99. The minimum atomic E-state index is 0.453. The lowest BCUT2D eigenvalue weighted by Crippen LogP contribution is -2.27. The van der Waals surface area contributed by atoms with Gasteiger partial charge in [0.15, 0.2) is 0 Å². The Hall–Kier alpha value is -0.760. The predicted molar refractivity (Wildman–Crippen MR) is 59.2 cm³/mol. The van der Waals surface area contributed by atoms with Crippen molar-refractivity contribution in [1.82, 2.24) is 5.32 Å². The summed E-state index contributed by atoms with van der Waals surface area (Å²) in [6.07, 6.45) is 6.02. The number of hydrogen-bond acceptors (Lipinski definition) is 2. The summed E-state index contributed by atoms with van der Waals surface area (Å²) in [4.78, 5) is 0. The minimum Gasteiger partial charge on any atom is -0.472 e. The molecule has 1 heterocycles. The van der Waals surface area contributed by atoms with Crippen molar-refractivity contribution in [2.45, 2.75) is 39.7 Å². The van der Waals surface area contributed by atoms with Crippen LogP contribution in [0.3, 0.4) is 0 Å². The molecule has 1 aromatic rings. The molecule has 1 N–H and O–H groups in total. The second-order valence-electron chi connectivity index (χ2n) is 3.67. The van der Waals surface area contributed by atoms with Crippen LogP contribution in [-0.2, 0) is 0 Å². The molecule has 0 aliphatic heterocycles. The Labute approximate surface area is 86.7 Å². The first kappa shape index (κ1) is 11.3. The van der Waals surface area contributed by atoms with Gasteiger partial charge in [-0.25, -0.2) is 0 Å². The molecule has 2 heteroatoms. The maximum Gasteiger partial charge on any atom is 0.0950 e. The van der Waals surface area contributed by atoms with Crippen molar-refractivity contribution >= 4 is 0 Å². The van der Waals surface area contributed by atoms with Crippen LogP contribution in [0.1, 0.15) is 45.2 Å². The van der Waals surface area contributed by atoms with Gasteiger partial charge in [-0.15, -0.1) is 0 Å². The predicted octanol–water partition coefficient (Wildman–Crippen LogP) is 3.37. The molecule has 1 rings (SSSR count). The van der Waals surface area contributed by atoms with Crippen LogP contribution in [0.4, 0.5) is 0 Å². The van der Waals surface area contributed by atoms with Gasteiger partial charge in [0, 0.05) is 11.6 Å². The normalized spacial score (nSPS) is 13.4. The van der Waals surface area contributed by atoms with E-state index in [1.807, 2.05) is 6.26 Å². The fraction of sp³-hybridized carbons (Fsp3) is 0.667. The Kier molecular flexibility index (Phi) is 4.74. The summed E-state index contributed by atoms with van der Waals surface area (Å²) in [6, 6.07) is 2.51. The first-order valence-corrected chi connectivity index (χ1v) is 5.58. The van der Waals surface area contributed by atoms with E-state index < -0.39 is 0 Å². The molecule has 14 heavy (non-hydrogen) atoms. The zero-order valence-corrected chi connectivity index (χ0v) is 9.42. The number of furan rings is 1. The van der Waals surface area contributed by atoms with E-state index in [2.05, 4.69) is 32.2 Å². The topological polar surface area (TPSA) is 25.2 Å². The molecule has 0 aliphatic carbocycles. The van der Waals surface area contributed by atoms with Gasteiger partial charge in [0.25, 0.3) is 0 Å². The van der Waals surface area contributed by atoms with Gasteiger partial charge < -0.3 is 9.73 Å². The summed E-state index contributed by atoms with van der Waals surface area (Å²) in [5.41, 5.74) is 1.28. The van der Waals surface area contributed by atoms with E-state index in [-0.39, 0.29) is 0 Å². The van der Waals surface area contributed by atoms with Gasteiger partial charge in [-0.2, -0.15) is 0 Å². The molecule has 0 bridgehead atoms. The van der Waals surface area contributed by atoms with E-state index >= 15 is 0 Å². The van der Waals surface area contributed by atoms with E-state index in [9.17, 15) is 0 Å². The van der Waals surface area contributed by atoms with Crippen molar-refractivity contribution in [3.05, 3.63) is 24.2 Å². The zero-order valence-electron chi connectivity index (χ0n) is 9.42. The lowest BCUT2D eigenvalue weighted by atomic mass is 9.90. The number of rotatable bonds is 6. The van der Waals surface area contributed by atoms with Crippen LogP contribution < -0.4 is 5.32 Å². The van der Waals surface area contributed by atoms with Crippen LogP contribution in [0.25, 0.3) is 0 Å². The van der Waals surface area contributed by atoms with Crippen LogP contribution in [0.2, 0.25) is 0 Å². The van der Waals surface area contributed by atoms with Crippen LogP contribution >= 0.6 is 0 Å². The molecule has 1 atom stereocenters. The zero-order chi connectivity index (χ0) is 10.4. The summed E-state index contributed by atoms with van der Waals surface area (Å²) >= 11 is 0. The van der Waals surface area contributed by atoms with Crippen molar-refractivity contribution in [3.8, 4) is 0 Å². The van der Waals surface area contributed by atoms with E-state index in [0.29, 0.717) is 12.0 Å². The highest BCUT2D eigenvalue weighted by molar-refractivity contribution is 5.12. The van der Waals surface area contributed by atoms with Gasteiger partial charge >= 0.3 is 0 Å². The van der Waals surface area contributed by atoms with Gasteiger partial charge in [-0.05, 0) is 18.5 Å². The van der Waals surface area contributed by atoms with Gasteiger partial charge in [-0.3, -0.25) is 0 Å². The molecule has 0 fully saturated rings. The summed E-state index contributed by atoms with van der Waals surface area (Å²) < 4.78 is 5.14. The Morgan fingerprint density at radius 3 is 2.43 bits per heavy atom. The molecular formula is C12H21NO. The highest BCUT2D eigenvalue weighted by Gasteiger charge is 2.19. The molecule has 80 valence electrons. The van der Waals surface area contributed by atoms with Gasteiger partial charge in [-0.1, -0.05) is 33.6 Å². The van der Waals surface area contributed by atoms with Crippen molar-refractivity contribution in [3.63, 3.8) is 0 Å². The maximum absolute atomic E-state index is 5.14. The third-order valence-corrected chi connectivity index (χ3v) is 2.85. The van der Waals surface area contributed by atoms with Crippen LogP contribution in [0.15, 0.2) is 23.0 Å². The molecule has 1 unspecified atom stereocenters. The van der Waals surface area contributed by atoms with Crippen molar-refractivity contribution in [1.29, 1.82) is 0 Å². The van der Waals surface area contributed by atoms with Gasteiger partial charge in [0.1, 0.15) is 0 Å². The summed E-state index contributed by atoms with van der Waals surface area (Å²) in [5, 5.41) is 3.53. The highest BCUT2D eigenvalue weighted by atomic mass is 16.3. The number of hydrogen-bond donors (Lipinski definition) is 1. The van der Waals surface area contributed by atoms with Crippen LogP contribution in [0, 0.1) is 5.92 Å². The Morgan fingerprint density at radius 1 is 1.29 bits per heavy atom. The quantitative estimate of drug-likeness (QED) is 0.753. The first-order chi connectivity index (χ1) is 6.83. The second kappa shape index (κ2) is 5.86. The molecule has 0 aliphatic rings. The largest absolute Gasteiger partial charge is 0.472 e. The lowest BCUT2D eigenvalue weighted by Gasteiger charge is -2.24. The molecule has 0 radical (unpaired) electrons. The molecule has 0 spiro atoms. The molecule has 0 amide bonds. The van der Waals surface area contributed by atoms with Crippen molar-refractivity contribution in [2.24, 2.45) is 5.92 Å². The summed E-state index contributed by atoms with van der Waals surface area (Å²) in [7, 11) is 0. The van der Waals surface area contributed by atoms with Crippen LogP contribution in [0.5, 0.6) is 0 Å². The van der Waals surface area contributed by atoms with E-state index in [0.717, 1.165) is 6.54 Å². The van der Waals surface area contributed by atoms with E-state index in [1.54, 1.807) is 6.26 Å². The molecule has 2 nitrogen and oxygen atoms in total. The average molecular weight is 195 g/mol. The lowest BCUT2D eigenvalue weighted by molar-refractivity contribution is 0.344. The molecular weight excluding hydrogens is 174 g/mol. The standard InChI is InChI=1S/C12H21NO/c1-4-10(5-2)12(13-6-3)11-7-8-14-9-11/h7-10,12-13H,4-6H2,1-3H3. The summed E-state index contributed by atoms with van der Waals surface area (Å²) in [6.45, 7) is 7.65. The number of nitrogens with one attached hydrogen (secondary N) is 1. The monoisotopic (exact) mass is 195 g/mol. The fourth-order valence-electron chi connectivity index (χ4n) is 1.99. The Morgan fingerprint density at radius 2 is 2.00 bits per heavy atom. The SMILES string of the molecule is CCNC(c1ccoc1)C(CC)CC. The maximum atomic E-state index is 5.14. The molecule has 0 aromatic carbocycles. The van der Waals surface area contributed by atoms with Gasteiger partial charge in [0.2, 0.25) is 0 Å². The van der Waals surface area contributed by atoms with E-state index in [1.165, 1.54) is 18.4 Å². The molecule has 0 saturated carbocycles. The Balaban J connectivity index is 2.72. The van der Waals surface area contributed by atoms with Crippen molar-refractivity contribution < 1.29 is 4.42 Å². The molecule has 0 saturated heterocycles. The van der Waals surface area contributed by atoms with Gasteiger partial charge in [0.05, 0.1) is 12.5 Å². The van der Waals surface area contributed by atoms with Crippen LogP contribution in [-0.4, -0.2) is 6.54 Å². The highest BCUT2D eigenvalue weighted by Crippen LogP contribution is 2.27. The second-order valence-corrected chi connectivity index (χ2v) is 3.67.